The fraction of sp³-hybridized carbons (Fsp3) is 0.478. The summed E-state index contributed by atoms with van der Waals surface area (Å²) in [4.78, 5) is 33.1. The van der Waals surface area contributed by atoms with Crippen LogP contribution in [0, 0.1) is 5.95 Å². The zero-order chi connectivity index (χ0) is 46.9. The molecular formula is C46H59FIN7O7SSi. The van der Waals surface area contributed by atoms with E-state index in [-0.39, 0.29) is 32.5 Å². The third-order valence-corrected chi connectivity index (χ3v) is 19.7. The Bertz CT molecular complexity index is 2900. The van der Waals surface area contributed by atoms with Crippen LogP contribution in [0.4, 0.5) is 9.18 Å². The van der Waals surface area contributed by atoms with Crippen molar-refractivity contribution in [1.82, 2.24) is 33.2 Å². The Balaban J connectivity index is 1.57. The number of nitrogens with one attached hydrogen (secondary N) is 1. The van der Waals surface area contributed by atoms with Gasteiger partial charge in [-0.05, 0) is 88.3 Å². The van der Waals surface area contributed by atoms with Gasteiger partial charge in [0, 0.05) is 43.4 Å². The Morgan fingerprint density at radius 2 is 1.66 bits per heavy atom. The first-order valence-electron chi connectivity index (χ1n) is 21.4. The van der Waals surface area contributed by atoms with Crippen molar-refractivity contribution < 1.29 is 31.5 Å². The Hall–Kier alpha value is -4.37. The number of alkyl carbamates (subject to hydrolysis) is 1. The Morgan fingerprint density at radius 1 is 1.00 bits per heavy atom. The average Bonchev–Trinajstić information content (AvgIpc) is 3.93. The predicted molar refractivity (Wildman–Crippen MR) is 258 cm³/mol. The minimum atomic E-state index is -4.51. The van der Waals surface area contributed by atoms with Gasteiger partial charge in [-0.2, -0.15) is 4.39 Å². The van der Waals surface area contributed by atoms with E-state index in [4.69, 9.17) is 18.9 Å². The lowest BCUT2D eigenvalue weighted by Gasteiger charge is -2.40. The number of halogens is 2. The minimum absolute atomic E-state index is 0.00292. The highest BCUT2D eigenvalue weighted by atomic mass is 127. The summed E-state index contributed by atoms with van der Waals surface area (Å²) in [6.45, 7) is 18.1. The van der Waals surface area contributed by atoms with Crippen molar-refractivity contribution in [3.05, 3.63) is 89.0 Å². The van der Waals surface area contributed by atoms with Gasteiger partial charge in [-0.1, -0.05) is 85.8 Å². The van der Waals surface area contributed by atoms with Crippen LogP contribution in [0.15, 0.2) is 76.7 Å². The molecule has 344 valence electrons. The van der Waals surface area contributed by atoms with Crippen LogP contribution in [-0.4, -0.2) is 80.0 Å². The molecule has 1 amide bonds. The van der Waals surface area contributed by atoms with Crippen LogP contribution in [0.5, 0.6) is 0 Å². The maximum Gasteiger partial charge on any atom is 0.407 e. The zero-order valence-electron chi connectivity index (χ0n) is 38.6. The maximum atomic E-state index is 16.4. The number of methoxy groups -OCH3 is 1. The molecule has 1 fully saturated rings. The smallest absolute Gasteiger partial charge is 0.407 e. The summed E-state index contributed by atoms with van der Waals surface area (Å²) in [7, 11) is -2.07. The molecule has 0 saturated heterocycles. The quantitative estimate of drug-likeness (QED) is 0.0718. The molecular weight excluding hydrogens is 969 g/mol. The molecule has 1 saturated carbocycles. The van der Waals surface area contributed by atoms with E-state index in [1.807, 2.05) is 31.2 Å². The minimum Gasteiger partial charge on any atom is -0.444 e. The van der Waals surface area contributed by atoms with E-state index in [2.05, 4.69) is 66.9 Å². The Labute approximate surface area is 388 Å². The molecule has 0 radical (unpaired) electrons. The van der Waals surface area contributed by atoms with Crippen LogP contribution < -0.4 is 11.0 Å². The van der Waals surface area contributed by atoms with Crippen molar-refractivity contribution in [1.29, 1.82) is 0 Å². The van der Waals surface area contributed by atoms with Crippen molar-refractivity contribution in [3.63, 3.8) is 0 Å². The first-order chi connectivity index (χ1) is 29.8. The lowest BCUT2D eigenvalue weighted by Crippen LogP contribution is -2.50. The molecule has 1 N–H and O–H groups in total. The molecule has 1 unspecified atom stereocenters. The number of nitrogens with zero attached hydrogens (tertiary/aromatic N) is 6. The van der Waals surface area contributed by atoms with E-state index in [9.17, 15) is 9.59 Å². The van der Waals surface area contributed by atoms with Gasteiger partial charge in [0.05, 0.1) is 56.5 Å². The van der Waals surface area contributed by atoms with Gasteiger partial charge in [0.15, 0.2) is 14.0 Å². The molecule has 0 spiro atoms. The van der Waals surface area contributed by atoms with Gasteiger partial charge in [0.2, 0.25) is 5.95 Å². The highest BCUT2D eigenvalue weighted by Crippen LogP contribution is 2.48. The number of imidazole rings is 1. The summed E-state index contributed by atoms with van der Waals surface area (Å²) < 4.78 is 71.9. The second kappa shape index (κ2) is 17.1. The van der Waals surface area contributed by atoms with Crippen molar-refractivity contribution in [2.75, 3.05) is 11.5 Å². The maximum absolute atomic E-state index is 16.4. The monoisotopic (exact) mass is 1030 g/mol. The van der Waals surface area contributed by atoms with Crippen molar-refractivity contribution in [2.45, 2.75) is 120 Å². The number of rotatable bonds is 12. The van der Waals surface area contributed by atoms with E-state index < -0.39 is 59.8 Å². The lowest BCUT2D eigenvalue weighted by atomic mass is 9.90. The number of pyridine rings is 1. The van der Waals surface area contributed by atoms with Gasteiger partial charge >= 0.3 is 11.8 Å². The number of ether oxygens (including phenoxy) is 2. The van der Waals surface area contributed by atoms with Crippen LogP contribution >= 0.6 is 22.6 Å². The average molecular weight is 1030 g/mol. The molecule has 18 heteroatoms. The summed E-state index contributed by atoms with van der Waals surface area (Å²) in [5.41, 5.74) is 0.798. The van der Waals surface area contributed by atoms with Gasteiger partial charge in [-0.3, -0.25) is 13.8 Å². The van der Waals surface area contributed by atoms with Gasteiger partial charge in [0.25, 0.3) is 10.0 Å². The fourth-order valence-corrected chi connectivity index (χ4v) is 12.4. The first-order valence-corrected chi connectivity index (χ1v) is 27.2. The number of fused-ring (bicyclic) bond motifs is 3. The number of hydrogen-bond acceptors (Lipinski definition) is 9. The van der Waals surface area contributed by atoms with E-state index >= 15 is 12.8 Å². The van der Waals surface area contributed by atoms with Gasteiger partial charge in [-0.25, -0.2) is 27.0 Å². The number of hydrogen-bond donors (Lipinski definition) is 1. The molecule has 2 aromatic carbocycles. The van der Waals surface area contributed by atoms with Crippen molar-refractivity contribution in [3.8, 4) is 22.4 Å². The van der Waals surface area contributed by atoms with Gasteiger partial charge < -0.3 is 19.2 Å². The molecule has 64 heavy (non-hydrogen) atoms. The van der Waals surface area contributed by atoms with Crippen molar-refractivity contribution >= 4 is 69.1 Å². The second-order valence-electron chi connectivity index (χ2n) is 19.5. The number of aryl methyl sites for hydroxylation is 2. The van der Waals surface area contributed by atoms with E-state index in [1.165, 1.54) is 33.8 Å². The van der Waals surface area contributed by atoms with Gasteiger partial charge in [-0.15, -0.1) is 5.10 Å². The Kier molecular flexibility index (Phi) is 12.7. The normalized spacial score (nSPS) is 18.5. The molecule has 4 atom stereocenters. The zero-order valence-corrected chi connectivity index (χ0v) is 42.6. The third kappa shape index (κ3) is 8.59. The van der Waals surface area contributed by atoms with Crippen LogP contribution in [0.2, 0.25) is 18.1 Å². The van der Waals surface area contributed by atoms with Crippen LogP contribution in [0.3, 0.4) is 0 Å². The second-order valence-corrected chi connectivity index (χ2v) is 27.1. The van der Waals surface area contributed by atoms with Crippen molar-refractivity contribution in [2.24, 2.45) is 14.1 Å². The van der Waals surface area contributed by atoms with Crippen LogP contribution in [-0.2, 0) is 43.6 Å². The third-order valence-electron chi connectivity index (χ3n) is 12.9. The molecule has 6 aromatic rings. The van der Waals surface area contributed by atoms with E-state index in [1.54, 1.807) is 64.7 Å². The highest BCUT2D eigenvalue weighted by molar-refractivity contribution is 14.1. The largest absolute Gasteiger partial charge is 0.444 e. The summed E-state index contributed by atoms with van der Waals surface area (Å²) in [5, 5.41) is 7.26. The molecule has 0 aliphatic heterocycles. The van der Waals surface area contributed by atoms with Crippen LogP contribution in [0.25, 0.3) is 44.5 Å². The van der Waals surface area contributed by atoms with E-state index in [0.717, 1.165) is 20.4 Å². The number of amides is 1. The summed E-state index contributed by atoms with van der Waals surface area (Å²) in [6, 6.07) is 14.4. The molecule has 14 nitrogen and oxygen atoms in total. The topological polar surface area (TPSA) is 154 Å². The van der Waals surface area contributed by atoms with Gasteiger partial charge in [0.1, 0.15) is 5.60 Å². The number of carbonyl (C=O) groups is 1. The summed E-state index contributed by atoms with van der Waals surface area (Å²) in [5.74, 6) is -0.888. The summed E-state index contributed by atoms with van der Waals surface area (Å²) in [6.07, 6.45) is 3.22. The lowest BCUT2D eigenvalue weighted by molar-refractivity contribution is 0.000223. The predicted octanol–water partition coefficient (Wildman–Crippen LogP) is 9.44. The Morgan fingerprint density at radius 3 is 2.22 bits per heavy atom. The summed E-state index contributed by atoms with van der Waals surface area (Å²) >= 11 is 2.32. The van der Waals surface area contributed by atoms with Crippen LogP contribution in [0.1, 0.15) is 79.3 Å². The molecule has 0 bridgehead atoms. The number of benzene rings is 2. The number of aromatic nitrogens is 6. The molecule has 1 aliphatic rings. The number of carbonyl (C=O) groups excluding carboxylic acids is 1. The molecule has 1 aliphatic carbocycles. The fourth-order valence-electron chi connectivity index (χ4n) is 8.47. The SMILES string of the molecule is COC(C)(CCI)c1ccc(-c2c(-c3cn(C)nc3F)n(S(=O)(=O)c3ccccc3)c3ncc4c(c23)n([C@H]2C[C@H](NC(=O)OC(C)(C)C)[C@H](O[Si](C)(C)C(C)(C)C)C2)c(=O)n4C)cc1. The van der Waals surface area contributed by atoms with E-state index in [0.29, 0.717) is 40.4 Å². The molecule has 4 heterocycles. The molecule has 4 aromatic heterocycles. The number of alkyl halides is 1. The molecule has 7 rings (SSSR count). The standard InChI is InChI=1S/C46H59FIN7O7SSi/c1-44(2,3)61-42(56)50-33-24-30(25-35(33)62-64(11,12)45(4,5)6)54-39-34(53(9)43(54)57)26-49-41-37(39)36(28-18-20-29(21-19-28)46(7,60-10)22-23-48)38(32-27-52(8)51-40(32)47)55(41)63(58,59)31-16-14-13-15-17-31/h13-21,26-27,30,33,35H,22-25H2,1-12H3,(H,50,56)/t30-,33-,35+,46?/m0/s1. The highest BCUT2D eigenvalue weighted by Gasteiger charge is 2.46. The first kappa shape index (κ1) is 47.6.